The monoisotopic (exact) mass is 270 g/mol. The van der Waals surface area contributed by atoms with Gasteiger partial charge in [0.15, 0.2) is 0 Å². The Bertz CT molecular complexity index is 550. The van der Waals surface area contributed by atoms with Crippen molar-refractivity contribution in [3.8, 4) is 0 Å². The smallest absolute Gasteiger partial charge is 0.224 e. The van der Waals surface area contributed by atoms with Gasteiger partial charge in [0.2, 0.25) is 5.95 Å². The zero-order valence-corrected chi connectivity index (χ0v) is 12.4. The van der Waals surface area contributed by atoms with Crippen molar-refractivity contribution in [2.75, 3.05) is 23.3 Å². The fraction of sp³-hybridized carbons (Fsp3) is 0.375. The minimum Gasteiger partial charge on any atom is -0.357 e. The molecule has 4 nitrogen and oxygen atoms in total. The molecule has 106 valence electrons. The lowest BCUT2D eigenvalue weighted by Crippen LogP contribution is -2.23. The Morgan fingerprint density at radius 1 is 1.10 bits per heavy atom. The maximum atomic E-state index is 4.56. The van der Waals surface area contributed by atoms with Crippen LogP contribution in [-0.2, 0) is 6.54 Å². The Morgan fingerprint density at radius 3 is 2.55 bits per heavy atom. The van der Waals surface area contributed by atoms with E-state index in [1.165, 1.54) is 11.1 Å². The van der Waals surface area contributed by atoms with Crippen molar-refractivity contribution in [3.63, 3.8) is 0 Å². The lowest BCUT2D eigenvalue weighted by atomic mass is 10.1. The van der Waals surface area contributed by atoms with Gasteiger partial charge in [0.1, 0.15) is 5.82 Å². The van der Waals surface area contributed by atoms with Crippen molar-refractivity contribution in [1.82, 2.24) is 9.97 Å². The average Bonchev–Trinajstić information content (AvgIpc) is 2.48. The molecule has 0 aliphatic rings. The summed E-state index contributed by atoms with van der Waals surface area (Å²) in [6, 6.07) is 10.3. The molecule has 1 heterocycles. The molecule has 0 aliphatic heterocycles. The maximum absolute atomic E-state index is 4.56. The number of nitrogens with zero attached hydrogens (tertiary/aromatic N) is 3. The van der Waals surface area contributed by atoms with Gasteiger partial charge in [-0.15, -0.1) is 0 Å². The average molecular weight is 270 g/mol. The van der Waals surface area contributed by atoms with Gasteiger partial charge >= 0.3 is 0 Å². The summed E-state index contributed by atoms with van der Waals surface area (Å²) in [7, 11) is 0. The fourth-order valence-electron chi connectivity index (χ4n) is 2.14. The van der Waals surface area contributed by atoms with Crippen LogP contribution in [0.25, 0.3) is 0 Å². The van der Waals surface area contributed by atoms with Crippen LogP contribution in [0.3, 0.4) is 0 Å². The molecule has 0 aliphatic carbocycles. The van der Waals surface area contributed by atoms with Crippen molar-refractivity contribution < 1.29 is 0 Å². The van der Waals surface area contributed by atoms with E-state index in [9.17, 15) is 0 Å². The highest BCUT2D eigenvalue weighted by Crippen LogP contribution is 2.13. The molecule has 0 bridgehead atoms. The molecule has 0 unspecified atom stereocenters. The van der Waals surface area contributed by atoms with Crippen LogP contribution >= 0.6 is 0 Å². The third-order valence-corrected chi connectivity index (χ3v) is 3.43. The van der Waals surface area contributed by atoms with Crippen molar-refractivity contribution in [2.45, 2.75) is 27.3 Å². The van der Waals surface area contributed by atoms with Gasteiger partial charge in [-0.3, -0.25) is 0 Å². The molecule has 0 fully saturated rings. The first-order chi connectivity index (χ1) is 9.74. The minimum absolute atomic E-state index is 0.678. The first kappa shape index (κ1) is 14.3. The third kappa shape index (κ3) is 3.47. The molecule has 1 aromatic heterocycles. The van der Waals surface area contributed by atoms with E-state index in [-0.39, 0.29) is 0 Å². The van der Waals surface area contributed by atoms with Gasteiger partial charge in [-0.25, -0.2) is 4.98 Å². The topological polar surface area (TPSA) is 41.1 Å². The molecule has 0 radical (unpaired) electrons. The number of hydrogen-bond donors (Lipinski definition) is 1. The van der Waals surface area contributed by atoms with Crippen LogP contribution in [0.5, 0.6) is 0 Å². The second-order valence-electron chi connectivity index (χ2n) is 4.69. The molecule has 2 rings (SSSR count). The van der Waals surface area contributed by atoms with Gasteiger partial charge < -0.3 is 10.2 Å². The predicted octanol–water partition coefficient (Wildman–Crippen LogP) is 3.24. The van der Waals surface area contributed by atoms with Gasteiger partial charge in [0.05, 0.1) is 0 Å². The van der Waals surface area contributed by atoms with Crippen LogP contribution in [0.2, 0.25) is 0 Å². The molecular weight excluding hydrogens is 248 g/mol. The summed E-state index contributed by atoms with van der Waals surface area (Å²) >= 11 is 0. The van der Waals surface area contributed by atoms with Gasteiger partial charge in [0, 0.05) is 25.8 Å². The van der Waals surface area contributed by atoms with Crippen LogP contribution in [-0.4, -0.2) is 23.1 Å². The molecule has 0 saturated heterocycles. The molecule has 0 atom stereocenters. The lowest BCUT2D eigenvalue weighted by Gasteiger charge is -2.20. The highest BCUT2D eigenvalue weighted by atomic mass is 15.2. The Labute approximate surface area is 120 Å². The van der Waals surface area contributed by atoms with Crippen molar-refractivity contribution >= 4 is 11.8 Å². The van der Waals surface area contributed by atoms with E-state index >= 15 is 0 Å². The Morgan fingerprint density at radius 2 is 1.85 bits per heavy atom. The normalized spacial score (nSPS) is 10.3. The summed E-state index contributed by atoms with van der Waals surface area (Å²) in [5, 5.41) is 3.30. The van der Waals surface area contributed by atoms with Crippen LogP contribution < -0.4 is 10.2 Å². The largest absolute Gasteiger partial charge is 0.357 e. The van der Waals surface area contributed by atoms with Crippen LogP contribution in [0.15, 0.2) is 36.5 Å². The first-order valence-corrected chi connectivity index (χ1v) is 7.11. The first-order valence-electron chi connectivity index (χ1n) is 7.11. The summed E-state index contributed by atoms with van der Waals surface area (Å²) in [5.74, 6) is 1.65. The van der Waals surface area contributed by atoms with E-state index in [0.29, 0.717) is 5.95 Å². The van der Waals surface area contributed by atoms with Crippen molar-refractivity contribution in [3.05, 3.63) is 47.7 Å². The Hall–Kier alpha value is -2.10. The van der Waals surface area contributed by atoms with Crippen LogP contribution in [0.4, 0.5) is 11.8 Å². The summed E-state index contributed by atoms with van der Waals surface area (Å²) in [6.07, 6.45) is 1.81. The number of benzene rings is 1. The van der Waals surface area contributed by atoms with E-state index in [1.54, 1.807) is 6.20 Å². The predicted molar refractivity (Wildman–Crippen MR) is 84.1 cm³/mol. The second-order valence-corrected chi connectivity index (χ2v) is 4.69. The van der Waals surface area contributed by atoms with Crippen molar-refractivity contribution in [2.24, 2.45) is 0 Å². The van der Waals surface area contributed by atoms with E-state index in [2.05, 4.69) is 65.2 Å². The van der Waals surface area contributed by atoms with E-state index in [4.69, 9.17) is 0 Å². The summed E-state index contributed by atoms with van der Waals surface area (Å²) in [4.78, 5) is 11.1. The molecule has 0 amide bonds. The van der Waals surface area contributed by atoms with Crippen molar-refractivity contribution in [1.29, 1.82) is 0 Å². The van der Waals surface area contributed by atoms with Crippen LogP contribution in [0, 0.1) is 6.92 Å². The Kier molecular flexibility index (Phi) is 4.93. The zero-order valence-electron chi connectivity index (χ0n) is 12.4. The van der Waals surface area contributed by atoms with Gasteiger partial charge in [-0.2, -0.15) is 4.98 Å². The molecule has 1 N–H and O–H groups in total. The fourth-order valence-corrected chi connectivity index (χ4v) is 2.14. The number of anilines is 2. The molecule has 0 spiro atoms. The number of nitrogens with one attached hydrogen (secondary N) is 1. The highest BCUT2D eigenvalue weighted by molar-refractivity contribution is 5.42. The molecule has 0 saturated carbocycles. The minimum atomic E-state index is 0.678. The Balaban J connectivity index is 2.07. The summed E-state index contributed by atoms with van der Waals surface area (Å²) < 4.78 is 0. The number of hydrogen-bond acceptors (Lipinski definition) is 4. The summed E-state index contributed by atoms with van der Waals surface area (Å²) in [6.45, 7) is 9.02. The maximum Gasteiger partial charge on any atom is 0.224 e. The van der Waals surface area contributed by atoms with Gasteiger partial charge in [0.25, 0.3) is 0 Å². The molecule has 1 aromatic carbocycles. The SMILES string of the molecule is CCN(CC)c1ccnc(NCc2ccccc2C)n1. The van der Waals surface area contributed by atoms with E-state index in [1.807, 2.05) is 6.07 Å². The number of aromatic nitrogens is 2. The molecular formula is C16H22N4. The zero-order chi connectivity index (χ0) is 14.4. The highest BCUT2D eigenvalue weighted by Gasteiger charge is 2.05. The molecule has 20 heavy (non-hydrogen) atoms. The molecule has 2 aromatic rings. The standard InChI is InChI=1S/C16H22N4/c1-4-20(5-2)15-10-11-17-16(19-15)18-12-14-9-7-6-8-13(14)3/h6-11H,4-5,12H2,1-3H3,(H,17,18,19). The molecule has 4 heteroatoms. The third-order valence-electron chi connectivity index (χ3n) is 3.43. The lowest BCUT2D eigenvalue weighted by molar-refractivity contribution is 0.841. The van der Waals surface area contributed by atoms with E-state index in [0.717, 1.165) is 25.5 Å². The van der Waals surface area contributed by atoms with Gasteiger partial charge in [-0.1, -0.05) is 24.3 Å². The van der Waals surface area contributed by atoms with Crippen LogP contribution in [0.1, 0.15) is 25.0 Å². The number of rotatable bonds is 6. The second kappa shape index (κ2) is 6.89. The van der Waals surface area contributed by atoms with Gasteiger partial charge in [-0.05, 0) is 38.0 Å². The number of aryl methyl sites for hydroxylation is 1. The quantitative estimate of drug-likeness (QED) is 0.875. The van der Waals surface area contributed by atoms with E-state index < -0.39 is 0 Å². The summed E-state index contributed by atoms with van der Waals surface area (Å²) in [5.41, 5.74) is 2.55.